The highest BCUT2D eigenvalue weighted by Crippen LogP contribution is 2.30. The fourth-order valence-electron chi connectivity index (χ4n) is 3.02. The lowest BCUT2D eigenvalue weighted by atomic mass is 10.0. The summed E-state index contributed by atoms with van der Waals surface area (Å²) in [5, 5.41) is 14.6. The fraction of sp³-hybridized carbons (Fsp3) is 0.333. The van der Waals surface area contributed by atoms with Gasteiger partial charge in [-0.05, 0) is 23.8 Å². The summed E-state index contributed by atoms with van der Waals surface area (Å²) in [5.41, 5.74) is 0.748. The average Bonchev–Trinajstić information content (AvgIpc) is 2.69. The number of nitro benzene ring substituents is 1. The van der Waals surface area contributed by atoms with Crippen molar-refractivity contribution in [2.45, 2.75) is 12.5 Å². The summed E-state index contributed by atoms with van der Waals surface area (Å²) in [6, 6.07) is 7.88. The van der Waals surface area contributed by atoms with E-state index in [1.807, 2.05) is 12.1 Å². The molecule has 0 spiro atoms. The SMILES string of the molecule is O=C(CCOc1ccc(Cl)cc1[N+](=O)[O-])N1CCNCC1c1cccnc1. The maximum Gasteiger partial charge on any atom is 0.312 e. The molecular weight excluding hydrogens is 372 g/mol. The van der Waals surface area contributed by atoms with Crippen molar-refractivity contribution in [3.8, 4) is 5.75 Å². The molecule has 3 rings (SSSR count). The summed E-state index contributed by atoms with van der Waals surface area (Å²) in [6.07, 6.45) is 3.57. The number of pyridine rings is 1. The number of carbonyl (C=O) groups excluding carboxylic acids is 1. The molecular formula is C18H19ClN4O4. The van der Waals surface area contributed by atoms with Gasteiger partial charge < -0.3 is 15.0 Å². The molecule has 0 aliphatic carbocycles. The van der Waals surface area contributed by atoms with Gasteiger partial charge in [0.05, 0.1) is 24.0 Å². The molecule has 0 saturated carbocycles. The van der Waals surface area contributed by atoms with Crippen molar-refractivity contribution < 1.29 is 14.5 Å². The van der Waals surface area contributed by atoms with Crippen LogP contribution in [0.25, 0.3) is 0 Å². The fourth-order valence-corrected chi connectivity index (χ4v) is 3.19. The van der Waals surface area contributed by atoms with Gasteiger partial charge >= 0.3 is 5.69 Å². The van der Waals surface area contributed by atoms with Crippen molar-refractivity contribution in [2.24, 2.45) is 0 Å². The zero-order valence-electron chi connectivity index (χ0n) is 14.5. The van der Waals surface area contributed by atoms with Gasteiger partial charge in [-0.3, -0.25) is 19.9 Å². The first-order chi connectivity index (χ1) is 13.1. The van der Waals surface area contributed by atoms with E-state index in [9.17, 15) is 14.9 Å². The van der Waals surface area contributed by atoms with E-state index in [1.54, 1.807) is 17.3 Å². The number of hydrogen-bond donors (Lipinski definition) is 1. The molecule has 2 aromatic rings. The molecule has 1 fully saturated rings. The summed E-state index contributed by atoms with van der Waals surface area (Å²) < 4.78 is 5.48. The number of nitro groups is 1. The minimum Gasteiger partial charge on any atom is -0.486 e. The van der Waals surface area contributed by atoms with Crippen LogP contribution in [-0.4, -0.2) is 47.0 Å². The molecule has 1 N–H and O–H groups in total. The maximum atomic E-state index is 12.7. The van der Waals surface area contributed by atoms with E-state index in [0.717, 1.165) is 5.56 Å². The predicted octanol–water partition coefficient (Wildman–Crippen LogP) is 2.59. The van der Waals surface area contributed by atoms with Crippen LogP contribution in [0.15, 0.2) is 42.7 Å². The van der Waals surface area contributed by atoms with Crippen molar-refractivity contribution in [1.29, 1.82) is 0 Å². The smallest absolute Gasteiger partial charge is 0.312 e. The second kappa shape index (κ2) is 8.79. The molecule has 1 aromatic carbocycles. The van der Waals surface area contributed by atoms with Crippen molar-refractivity contribution in [3.63, 3.8) is 0 Å². The number of hydrogen-bond acceptors (Lipinski definition) is 6. The van der Waals surface area contributed by atoms with E-state index in [2.05, 4.69) is 10.3 Å². The number of piperazine rings is 1. The molecule has 1 saturated heterocycles. The standard InChI is InChI=1S/C18H19ClN4O4/c19-14-3-4-17(15(10-14)23(25)26)27-9-5-18(24)22-8-7-21-12-16(22)13-2-1-6-20-11-13/h1-4,6,10-11,16,21H,5,7-9,12H2. The number of nitrogens with one attached hydrogen (secondary N) is 1. The van der Waals surface area contributed by atoms with Crippen LogP contribution in [0.1, 0.15) is 18.0 Å². The number of rotatable bonds is 6. The largest absolute Gasteiger partial charge is 0.486 e. The summed E-state index contributed by atoms with van der Waals surface area (Å²) in [4.78, 5) is 29.1. The Labute approximate surface area is 161 Å². The van der Waals surface area contributed by atoms with Gasteiger partial charge in [-0.15, -0.1) is 0 Å². The lowest BCUT2D eigenvalue weighted by Gasteiger charge is -2.36. The Balaban J connectivity index is 1.62. The van der Waals surface area contributed by atoms with Gasteiger partial charge in [0.25, 0.3) is 0 Å². The molecule has 1 amide bonds. The number of benzene rings is 1. The average molecular weight is 391 g/mol. The van der Waals surface area contributed by atoms with E-state index in [4.69, 9.17) is 16.3 Å². The van der Waals surface area contributed by atoms with E-state index in [0.29, 0.717) is 19.6 Å². The van der Waals surface area contributed by atoms with Crippen LogP contribution in [0.4, 0.5) is 5.69 Å². The molecule has 2 heterocycles. The topological polar surface area (TPSA) is 97.6 Å². The van der Waals surface area contributed by atoms with Crippen molar-refractivity contribution >= 4 is 23.2 Å². The van der Waals surface area contributed by atoms with Gasteiger partial charge in [0.2, 0.25) is 5.91 Å². The molecule has 8 nitrogen and oxygen atoms in total. The van der Waals surface area contributed by atoms with Crippen LogP contribution in [0.3, 0.4) is 0 Å². The Kier molecular flexibility index (Phi) is 6.20. The first-order valence-electron chi connectivity index (χ1n) is 8.53. The molecule has 0 bridgehead atoms. The summed E-state index contributed by atoms with van der Waals surface area (Å²) in [5.74, 6) is 0.0308. The van der Waals surface area contributed by atoms with Gasteiger partial charge in [-0.2, -0.15) is 0 Å². The number of halogens is 1. The molecule has 1 aromatic heterocycles. The molecule has 0 radical (unpaired) electrons. The summed E-state index contributed by atoms with van der Waals surface area (Å²) in [6.45, 7) is 2.00. The zero-order chi connectivity index (χ0) is 19.2. The van der Waals surface area contributed by atoms with Gasteiger partial charge in [-0.25, -0.2) is 0 Å². The Hall–Kier alpha value is -2.71. The molecule has 142 valence electrons. The van der Waals surface area contributed by atoms with Gasteiger partial charge in [0, 0.05) is 43.1 Å². The number of amides is 1. The number of nitrogens with zero attached hydrogens (tertiary/aromatic N) is 3. The molecule has 9 heteroatoms. The quantitative estimate of drug-likeness (QED) is 0.601. The van der Waals surface area contributed by atoms with Crippen molar-refractivity contribution in [2.75, 3.05) is 26.2 Å². The minimum atomic E-state index is -0.558. The number of carbonyl (C=O) groups is 1. The molecule has 1 aliphatic rings. The van der Waals surface area contributed by atoms with E-state index >= 15 is 0 Å². The first kappa shape index (κ1) is 19.1. The lowest BCUT2D eigenvalue weighted by molar-refractivity contribution is -0.385. The van der Waals surface area contributed by atoms with Crippen LogP contribution in [0, 0.1) is 10.1 Å². The highest BCUT2D eigenvalue weighted by molar-refractivity contribution is 6.30. The number of ether oxygens (including phenoxy) is 1. The van der Waals surface area contributed by atoms with Gasteiger partial charge in [0.1, 0.15) is 0 Å². The monoisotopic (exact) mass is 390 g/mol. The van der Waals surface area contributed by atoms with Crippen molar-refractivity contribution in [1.82, 2.24) is 15.2 Å². The molecule has 27 heavy (non-hydrogen) atoms. The van der Waals surface area contributed by atoms with E-state index < -0.39 is 4.92 Å². The van der Waals surface area contributed by atoms with Gasteiger partial charge in [-0.1, -0.05) is 17.7 Å². The summed E-state index contributed by atoms with van der Waals surface area (Å²) >= 11 is 5.79. The first-order valence-corrected chi connectivity index (χ1v) is 8.91. The Bertz CT molecular complexity index is 818. The maximum absolute atomic E-state index is 12.7. The molecule has 1 atom stereocenters. The highest BCUT2D eigenvalue weighted by atomic mass is 35.5. The predicted molar refractivity (Wildman–Crippen MR) is 99.8 cm³/mol. The Morgan fingerprint density at radius 3 is 3.04 bits per heavy atom. The molecule has 1 aliphatic heterocycles. The van der Waals surface area contributed by atoms with Gasteiger partial charge in [0.15, 0.2) is 5.75 Å². The normalized spacial score (nSPS) is 16.8. The Morgan fingerprint density at radius 2 is 2.30 bits per heavy atom. The Morgan fingerprint density at radius 1 is 1.44 bits per heavy atom. The van der Waals surface area contributed by atoms with Crippen LogP contribution >= 0.6 is 11.6 Å². The second-order valence-corrected chi connectivity index (χ2v) is 6.50. The minimum absolute atomic E-state index is 0.0466. The lowest BCUT2D eigenvalue weighted by Crippen LogP contribution is -2.49. The van der Waals surface area contributed by atoms with Crippen LogP contribution in [0.5, 0.6) is 5.75 Å². The van der Waals surface area contributed by atoms with Crippen LogP contribution in [-0.2, 0) is 4.79 Å². The molecule has 1 unspecified atom stereocenters. The van der Waals surface area contributed by atoms with E-state index in [-0.39, 0.29) is 41.4 Å². The van der Waals surface area contributed by atoms with Crippen molar-refractivity contribution in [3.05, 3.63) is 63.4 Å². The van der Waals surface area contributed by atoms with E-state index in [1.165, 1.54) is 18.2 Å². The second-order valence-electron chi connectivity index (χ2n) is 6.06. The number of aromatic nitrogens is 1. The third-order valence-electron chi connectivity index (χ3n) is 4.32. The summed E-state index contributed by atoms with van der Waals surface area (Å²) in [7, 11) is 0. The zero-order valence-corrected chi connectivity index (χ0v) is 15.3. The highest BCUT2D eigenvalue weighted by Gasteiger charge is 2.28. The van der Waals surface area contributed by atoms with Crippen LogP contribution in [0.2, 0.25) is 5.02 Å². The third-order valence-corrected chi connectivity index (χ3v) is 4.56. The third kappa shape index (κ3) is 4.72. The van der Waals surface area contributed by atoms with Crippen LogP contribution < -0.4 is 10.1 Å².